The molecule has 0 atom stereocenters. The summed E-state index contributed by atoms with van der Waals surface area (Å²) in [5.41, 5.74) is 1.02. The first-order chi connectivity index (χ1) is 15.1. The van der Waals surface area contributed by atoms with Crippen LogP contribution in [0.3, 0.4) is 0 Å². The molecule has 0 N–H and O–H groups in total. The molecule has 1 aromatic rings. The molecule has 1 aliphatic carbocycles. The molecule has 5 nitrogen and oxygen atoms in total. The van der Waals surface area contributed by atoms with Gasteiger partial charge in [-0.2, -0.15) is 0 Å². The summed E-state index contributed by atoms with van der Waals surface area (Å²) in [6.45, 7) is 9.78. The Labute approximate surface area is 189 Å². The minimum absolute atomic E-state index is 0.200. The van der Waals surface area contributed by atoms with Gasteiger partial charge in [0.25, 0.3) is 0 Å². The quantitative estimate of drug-likeness (QED) is 0.282. The van der Waals surface area contributed by atoms with Gasteiger partial charge in [-0.3, -0.25) is 0 Å². The molecule has 0 bridgehead atoms. The van der Waals surface area contributed by atoms with Gasteiger partial charge in [0.15, 0.2) is 0 Å². The molecule has 0 saturated heterocycles. The summed E-state index contributed by atoms with van der Waals surface area (Å²) in [4.78, 5) is 16.8. The molecule has 174 valence electrons. The Hall–Kier alpha value is -1.85. The van der Waals surface area contributed by atoms with E-state index in [1.165, 1.54) is 19.3 Å². The van der Waals surface area contributed by atoms with E-state index in [0.29, 0.717) is 19.3 Å². The second kappa shape index (κ2) is 15.0. The summed E-state index contributed by atoms with van der Waals surface area (Å²) in [5.74, 6) is 0. The number of hydrogen-bond donors (Lipinski definition) is 0. The Bertz CT molecular complexity index is 614. The molecule has 5 heteroatoms. The maximum atomic E-state index is 12.6. The van der Waals surface area contributed by atoms with Crippen molar-refractivity contribution in [3.63, 3.8) is 0 Å². The molecule has 0 heterocycles. The highest BCUT2D eigenvalue weighted by Gasteiger charge is 2.29. The number of rotatable bonds is 14. The molecular formula is C26H42N2O3. The Morgan fingerprint density at radius 1 is 1.10 bits per heavy atom. The molecule has 0 aliphatic heterocycles. The first-order valence-corrected chi connectivity index (χ1v) is 12.0. The van der Waals surface area contributed by atoms with Crippen molar-refractivity contribution in [1.29, 1.82) is 0 Å². The molecule has 2 rings (SSSR count). The normalized spacial score (nSPS) is 18.7. The fourth-order valence-electron chi connectivity index (χ4n) is 4.26. The van der Waals surface area contributed by atoms with Gasteiger partial charge >= 0.3 is 6.09 Å². The van der Waals surface area contributed by atoms with Crippen LogP contribution < -0.4 is 0 Å². The van der Waals surface area contributed by atoms with Crippen molar-refractivity contribution in [3.8, 4) is 0 Å². The third-order valence-electron chi connectivity index (χ3n) is 6.09. The fourth-order valence-corrected chi connectivity index (χ4v) is 4.26. The molecule has 1 amide bonds. The number of carbonyl (C=O) groups excluding carboxylic acids is 1. The van der Waals surface area contributed by atoms with Gasteiger partial charge in [-0.25, -0.2) is 4.79 Å². The van der Waals surface area contributed by atoms with Crippen molar-refractivity contribution in [2.24, 2.45) is 0 Å². The van der Waals surface area contributed by atoms with E-state index in [9.17, 15) is 4.79 Å². The molecule has 1 aliphatic rings. The lowest BCUT2D eigenvalue weighted by atomic mass is 9.92. The predicted octanol–water partition coefficient (Wildman–Crippen LogP) is 5.65. The zero-order valence-corrected chi connectivity index (χ0v) is 19.6. The molecule has 0 aromatic heterocycles. The van der Waals surface area contributed by atoms with Crippen LogP contribution in [0.25, 0.3) is 0 Å². The highest BCUT2D eigenvalue weighted by Crippen LogP contribution is 2.26. The summed E-state index contributed by atoms with van der Waals surface area (Å²) in [7, 11) is 2.14. The van der Waals surface area contributed by atoms with Crippen LogP contribution in [0, 0.1) is 0 Å². The minimum Gasteiger partial charge on any atom is -0.445 e. The van der Waals surface area contributed by atoms with Crippen LogP contribution in [0.4, 0.5) is 4.79 Å². The Morgan fingerprint density at radius 2 is 1.81 bits per heavy atom. The van der Waals surface area contributed by atoms with Crippen LogP contribution in [-0.4, -0.2) is 61.3 Å². The highest BCUT2D eigenvalue weighted by molar-refractivity contribution is 5.68. The summed E-state index contributed by atoms with van der Waals surface area (Å²) in [6.07, 6.45) is 11.0. The number of carbonyl (C=O) groups is 1. The largest absolute Gasteiger partial charge is 0.445 e. The number of nitrogens with zero attached hydrogens (tertiary/aromatic N) is 2. The maximum Gasteiger partial charge on any atom is 0.410 e. The van der Waals surface area contributed by atoms with Crippen molar-refractivity contribution in [3.05, 3.63) is 48.6 Å². The van der Waals surface area contributed by atoms with Gasteiger partial charge in [-0.15, -0.1) is 6.58 Å². The van der Waals surface area contributed by atoms with Crippen molar-refractivity contribution >= 4 is 6.09 Å². The van der Waals surface area contributed by atoms with Gasteiger partial charge in [-0.05, 0) is 64.6 Å². The average molecular weight is 431 g/mol. The first-order valence-electron chi connectivity index (χ1n) is 12.0. The van der Waals surface area contributed by atoms with Crippen molar-refractivity contribution in [2.75, 3.05) is 33.3 Å². The topological polar surface area (TPSA) is 42.0 Å². The predicted molar refractivity (Wildman–Crippen MR) is 127 cm³/mol. The van der Waals surface area contributed by atoms with Crippen molar-refractivity contribution in [1.82, 2.24) is 9.80 Å². The second-order valence-electron chi connectivity index (χ2n) is 8.59. The lowest BCUT2D eigenvalue weighted by molar-refractivity contribution is 0.00402. The van der Waals surface area contributed by atoms with E-state index in [0.717, 1.165) is 57.4 Å². The van der Waals surface area contributed by atoms with E-state index in [1.54, 1.807) is 0 Å². The molecule has 1 aromatic carbocycles. The molecule has 31 heavy (non-hydrogen) atoms. The van der Waals surface area contributed by atoms with Crippen LogP contribution in [0.15, 0.2) is 43.0 Å². The van der Waals surface area contributed by atoms with Crippen LogP contribution in [0.2, 0.25) is 0 Å². The molecular weight excluding hydrogens is 388 g/mol. The molecule has 1 saturated carbocycles. The van der Waals surface area contributed by atoms with Gasteiger partial charge in [0.2, 0.25) is 0 Å². The number of ether oxygens (including phenoxy) is 2. The molecule has 0 unspecified atom stereocenters. The minimum atomic E-state index is -0.200. The summed E-state index contributed by atoms with van der Waals surface area (Å²) >= 11 is 0. The van der Waals surface area contributed by atoms with E-state index >= 15 is 0 Å². The standard InChI is InChI=1S/C26H42N2O3/c1-4-19-27(3)20-11-6-7-12-21-30-25-17-15-24(16-18-25)28(5-2)26(29)31-22-23-13-9-8-10-14-23/h4,8-10,13-14,24-25H,1,5-7,11-12,15-22H2,2-3H3. The summed E-state index contributed by atoms with van der Waals surface area (Å²) in [5, 5.41) is 0. The van der Waals surface area contributed by atoms with E-state index in [4.69, 9.17) is 9.47 Å². The van der Waals surface area contributed by atoms with E-state index in [1.807, 2.05) is 48.2 Å². The smallest absolute Gasteiger partial charge is 0.410 e. The van der Waals surface area contributed by atoms with Crippen LogP contribution >= 0.6 is 0 Å². The van der Waals surface area contributed by atoms with Gasteiger partial charge in [0, 0.05) is 25.7 Å². The van der Waals surface area contributed by atoms with E-state index in [2.05, 4.69) is 18.5 Å². The zero-order chi connectivity index (χ0) is 22.3. The van der Waals surface area contributed by atoms with E-state index < -0.39 is 0 Å². The average Bonchev–Trinajstić information content (AvgIpc) is 2.79. The molecule has 0 spiro atoms. The van der Waals surface area contributed by atoms with Crippen molar-refractivity contribution in [2.45, 2.75) is 77.0 Å². The Balaban J connectivity index is 1.57. The summed E-state index contributed by atoms with van der Waals surface area (Å²) < 4.78 is 11.7. The van der Waals surface area contributed by atoms with Gasteiger partial charge in [0.05, 0.1) is 6.10 Å². The molecule has 1 fully saturated rings. The number of hydrogen-bond acceptors (Lipinski definition) is 4. The lowest BCUT2D eigenvalue weighted by Gasteiger charge is -2.35. The fraction of sp³-hybridized carbons (Fsp3) is 0.654. The van der Waals surface area contributed by atoms with Gasteiger partial charge in [-0.1, -0.05) is 49.2 Å². The summed E-state index contributed by atoms with van der Waals surface area (Å²) in [6, 6.07) is 10.1. The lowest BCUT2D eigenvalue weighted by Crippen LogP contribution is -2.43. The monoisotopic (exact) mass is 430 g/mol. The number of likely N-dealkylation sites (N-methyl/N-ethyl adjacent to an activating group) is 1. The Morgan fingerprint density at radius 3 is 2.48 bits per heavy atom. The third kappa shape index (κ3) is 9.88. The number of unbranched alkanes of at least 4 members (excludes halogenated alkanes) is 3. The Kier molecular flexibility index (Phi) is 12.3. The van der Waals surface area contributed by atoms with Crippen LogP contribution in [0.5, 0.6) is 0 Å². The molecule has 0 radical (unpaired) electrons. The van der Waals surface area contributed by atoms with Gasteiger partial charge in [0.1, 0.15) is 6.61 Å². The zero-order valence-electron chi connectivity index (χ0n) is 19.6. The third-order valence-corrected chi connectivity index (χ3v) is 6.09. The van der Waals surface area contributed by atoms with E-state index in [-0.39, 0.29) is 12.1 Å². The van der Waals surface area contributed by atoms with Crippen LogP contribution in [-0.2, 0) is 16.1 Å². The second-order valence-corrected chi connectivity index (χ2v) is 8.59. The maximum absolute atomic E-state index is 12.6. The van der Waals surface area contributed by atoms with Crippen molar-refractivity contribution < 1.29 is 14.3 Å². The van der Waals surface area contributed by atoms with Crippen LogP contribution in [0.1, 0.15) is 63.9 Å². The van der Waals surface area contributed by atoms with Gasteiger partial charge < -0.3 is 19.3 Å². The first kappa shape index (κ1) is 25.4. The highest BCUT2D eigenvalue weighted by atomic mass is 16.6. The number of benzene rings is 1. The SMILES string of the molecule is C=CCN(C)CCCCCCOC1CCC(N(CC)C(=O)OCc2ccccc2)CC1. The number of amides is 1.